The second-order valence-electron chi connectivity index (χ2n) is 7.11. The zero-order valence-electron chi connectivity index (χ0n) is 18.3. The summed E-state index contributed by atoms with van der Waals surface area (Å²) in [5.41, 5.74) is 2.31. The van der Waals surface area contributed by atoms with Gasteiger partial charge in [0, 0.05) is 23.8 Å². The third-order valence-electron chi connectivity index (χ3n) is 4.98. The van der Waals surface area contributed by atoms with Gasteiger partial charge in [-0.1, -0.05) is 24.3 Å². The number of rotatable bonds is 8. The molecule has 0 atom stereocenters. The second kappa shape index (κ2) is 11.0. The summed E-state index contributed by atoms with van der Waals surface area (Å²) in [5.74, 6) is -1.93. The predicted molar refractivity (Wildman–Crippen MR) is 122 cm³/mol. The first-order chi connectivity index (χ1) is 15.5. The first kappa shape index (κ1) is 23.6. The van der Waals surface area contributed by atoms with Crippen molar-refractivity contribution in [3.8, 4) is 0 Å². The Morgan fingerprint density at radius 3 is 1.91 bits per heavy atom. The van der Waals surface area contributed by atoms with Crippen LogP contribution in [-0.4, -0.2) is 36.3 Å². The highest BCUT2D eigenvalue weighted by molar-refractivity contribution is 7.98. The van der Waals surface area contributed by atoms with Crippen LogP contribution in [0.2, 0.25) is 0 Å². The molecule has 2 aromatic carbocycles. The second-order valence-corrected chi connectivity index (χ2v) is 7.99. The number of esters is 2. The van der Waals surface area contributed by atoms with Crippen LogP contribution in [0.25, 0.3) is 0 Å². The van der Waals surface area contributed by atoms with E-state index in [0.717, 1.165) is 16.0 Å². The maximum Gasteiger partial charge on any atom is 0.336 e. The Balaban J connectivity index is 2.06. The quantitative estimate of drug-likeness (QED) is 0.411. The molecule has 0 aliphatic carbocycles. The number of nitrogens with zero attached hydrogens (tertiary/aromatic N) is 1. The highest BCUT2D eigenvalue weighted by atomic mass is 32.2. The standard InChI is InChI=1S/C25H26FNO4S/c1-4-30-24(28)21-15-27(14-17-6-10-19(26)11-7-17)16-22(25(29)31-5-2)23(21)18-8-12-20(32-3)13-9-18/h6-13,15-16,23H,4-5,14H2,1-3H3. The molecule has 0 unspecified atom stereocenters. The number of halogens is 1. The summed E-state index contributed by atoms with van der Waals surface area (Å²) < 4.78 is 23.9. The van der Waals surface area contributed by atoms with Crippen molar-refractivity contribution in [1.29, 1.82) is 0 Å². The molecule has 0 spiro atoms. The number of ether oxygens (including phenoxy) is 2. The van der Waals surface area contributed by atoms with Gasteiger partial charge in [0.05, 0.1) is 30.3 Å². The van der Waals surface area contributed by atoms with Crippen LogP contribution in [0, 0.1) is 5.82 Å². The Bertz CT molecular complexity index is 979. The van der Waals surface area contributed by atoms with Gasteiger partial charge in [0.15, 0.2) is 0 Å². The van der Waals surface area contributed by atoms with E-state index in [-0.39, 0.29) is 19.0 Å². The summed E-state index contributed by atoms with van der Waals surface area (Å²) in [4.78, 5) is 28.7. The van der Waals surface area contributed by atoms with E-state index in [1.807, 2.05) is 30.5 Å². The number of thioether (sulfide) groups is 1. The minimum Gasteiger partial charge on any atom is -0.463 e. The largest absolute Gasteiger partial charge is 0.463 e. The fourth-order valence-corrected chi connectivity index (χ4v) is 3.94. The van der Waals surface area contributed by atoms with Crippen LogP contribution in [0.5, 0.6) is 0 Å². The molecule has 0 saturated heterocycles. The third-order valence-corrected chi connectivity index (χ3v) is 5.73. The van der Waals surface area contributed by atoms with Crippen molar-refractivity contribution in [3.63, 3.8) is 0 Å². The molecule has 0 bridgehead atoms. The van der Waals surface area contributed by atoms with E-state index in [0.29, 0.717) is 17.7 Å². The van der Waals surface area contributed by atoms with Gasteiger partial charge in [-0.15, -0.1) is 11.8 Å². The lowest BCUT2D eigenvalue weighted by molar-refractivity contribution is -0.139. The van der Waals surface area contributed by atoms with Crippen molar-refractivity contribution < 1.29 is 23.5 Å². The van der Waals surface area contributed by atoms with Crippen LogP contribution < -0.4 is 0 Å². The fraction of sp³-hybridized carbons (Fsp3) is 0.280. The molecular weight excluding hydrogens is 429 g/mol. The number of hydrogen-bond acceptors (Lipinski definition) is 6. The molecule has 0 amide bonds. The van der Waals surface area contributed by atoms with E-state index in [1.54, 1.807) is 55.0 Å². The van der Waals surface area contributed by atoms with Crippen molar-refractivity contribution >= 4 is 23.7 Å². The maximum absolute atomic E-state index is 13.3. The SMILES string of the molecule is CCOC(=O)C1=CN(Cc2ccc(F)cc2)C=C(C(=O)OCC)C1c1ccc(SC)cc1. The summed E-state index contributed by atoms with van der Waals surface area (Å²) in [6.07, 6.45) is 5.37. The van der Waals surface area contributed by atoms with Crippen molar-refractivity contribution in [2.45, 2.75) is 31.2 Å². The lowest BCUT2D eigenvalue weighted by Gasteiger charge is -2.30. The summed E-state index contributed by atoms with van der Waals surface area (Å²) in [7, 11) is 0. The van der Waals surface area contributed by atoms with Crippen LogP contribution in [0.4, 0.5) is 4.39 Å². The van der Waals surface area contributed by atoms with Crippen molar-refractivity contribution in [2.75, 3.05) is 19.5 Å². The molecule has 0 fully saturated rings. The van der Waals surface area contributed by atoms with E-state index < -0.39 is 17.9 Å². The molecule has 1 aliphatic rings. The predicted octanol–water partition coefficient (Wildman–Crippen LogP) is 5.04. The fourth-order valence-electron chi connectivity index (χ4n) is 3.53. The van der Waals surface area contributed by atoms with Gasteiger partial charge in [-0.05, 0) is 55.5 Å². The number of hydrogen-bond donors (Lipinski definition) is 0. The molecule has 32 heavy (non-hydrogen) atoms. The summed E-state index contributed by atoms with van der Waals surface area (Å²) in [6, 6.07) is 13.8. The Morgan fingerprint density at radius 1 is 0.906 bits per heavy atom. The number of carbonyl (C=O) groups is 2. The Hall–Kier alpha value is -3.06. The normalized spacial score (nSPS) is 13.9. The highest BCUT2D eigenvalue weighted by Crippen LogP contribution is 2.38. The molecule has 0 radical (unpaired) electrons. The monoisotopic (exact) mass is 455 g/mol. The van der Waals surface area contributed by atoms with Crippen LogP contribution in [0.1, 0.15) is 30.9 Å². The van der Waals surface area contributed by atoms with Crippen LogP contribution in [0.3, 0.4) is 0 Å². The number of carbonyl (C=O) groups excluding carboxylic acids is 2. The molecule has 0 aromatic heterocycles. The van der Waals surface area contributed by atoms with Gasteiger partial charge in [-0.2, -0.15) is 0 Å². The summed E-state index contributed by atoms with van der Waals surface area (Å²) in [6.45, 7) is 4.25. The van der Waals surface area contributed by atoms with Gasteiger partial charge in [0.2, 0.25) is 0 Å². The Kier molecular flexibility index (Phi) is 8.11. The molecular formula is C25H26FNO4S. The van der Waals surface area contributed by atoms with Gasteiger partial charge in [-0.25, -0.2) is 14.0 Å². The topological polar surface area (TPSA) is 55.8 Å². The molecule has 3 rings (SSSR count). The Morgan fingerprint density at radius 2 is 1.44 bits per heavy atom. The summed E-state index contributed by atoms with van der Waals surface area (Å²) in [5, 5.41) is 0. The first-order valence-corrected chi connectivity index (χ1v) is 11.6. The molecule has 0 saturated carbocycles. The molecule has 1 aliphatic heterocycles. The van der Waals surface area contributed by atoms with E-state index in [2.05, 4.69) is 0 Å². The van der Waals surface area contributed by atoms with Crippen molar-refractivity contribution in [1.82, 2.24) is 4.90 Å². The summed E-state index contributed by atoms with van der Waals surface area (Å²) >= 11 is 1.61. The lowest BCUT2D eigenvalue weighted by Crippen LogP contribution is -2.29. The number of benzene rings is 2. The van der Waals surface area contributed by atoms with E-state index in [9.17, 15) is 14.0 Å². The van der Waals surface area contributed by atoms with Crippen LogP contribution in [0.15, 0.2) is 77.0 Å². The van der Waals surface area contributed by atoms with Crippen molar-refractivity contribution in [3.05, 3.63) is 89.0 Å². The molecule has 168 valence electrons. The molecule has 2 aromatic rings. The molecule has 1 heterocycles. The van der Waals surface area contributed by atoms with E-state index in [4.69, 9.17) is 9.47 Å². The maximum atomic E-state index is 13.3. The van der Waals surface area contributed by atoms with E-state index >= 15 is 0 Å². The van der Waals surface area contributed by atoms with Crippen LogP contribution in [-0.2, 0) is 25.6 Å². The van der Waals surface area contributed by atoms with Crippen LogP contribution >= 0.6 is 11.8 Å². The van der Waals surface area contributed by atoms with Gasteiger partial charge < -0.3 is 14.4 Å². The third kappa shape index (κ3) is 5.59. The van der Waals surface area contributed by atoms with Gasteiger partial charge in [-0.3, -0.25) is 0 Å². The smallest absolute Gasteiger partial charge is 0.336 e. The molecule has 7 heteroatoms. The minimum atomic E-state index is -0.617. The highest BCUT2D eigenvalue weighted by Gasteiger charge is 2.35. The van der Waals surface area contributed by atoms with E-state index in [1.165, 1.54) is 12.1 Å². The minimum absolute atomic E-state index is 0.213. The van der Waals surface area contributed by atoms with Gasteiger partial charge in [0.1, 0.15) is 5.82 Å². The van der Waals surface area contributed by atoms with Gasteiger partial charge in [0.25, 0.3) is 0 Å². The first-order valence-electron chi connectivity index (χ1n) is 10.4. The van der Waals surface area contributed by atoms with Crippen molar-refractivity contribution in [2.24, 2.45) is 0 Å². The average molecular weight is 456 g/mol. The van der Waals surface area contributed by atoms with Gasteiger partial charge >= 0.3 is 11.9 Å². The lowest BCUT2D eigenvalue weighted by atomic mass is 9.83. The zero-order valence-corrected chi connectivity index (χ0v) is 19.2. The molecule has 0 N–H and O–H groups in total. The zero-order chi connectivity index (χ0) is 23.1. The molecule has 5 nitrogen and oxygen atoms in total. The average Bonchev–Trinajstić information content (AvgIpc) is 2.80. The Labute approximate surface area is 191 Å².